The van der Waals surface area contributed by atoms with Gasteiger partial charge in [-0.25, -0.2) is 21.6 Å². The van der Waals surface area contributed by atoms with Crippen molar-refractivity contribution in [3.8, 4) is 11.1 Å². The van der Waals surface area contributed by atoms with E-state index >= 15 is 0 Å². The first-order valence-electron chi connectivity index (χ1n) is 11.9. The maximum Gasteiger partial charge on any atom is 0.407 e. The minimum Gasteiger partial charge on any atom is -0.465 e. The molecule has 1 fully saturated rings. The summed E-state index contributed by atoms with van der Waals surface area (Å²) in [5.74, 6) is -0.521. The summed E-state index contributed by atoms with van der Waals surface area (Å²) in [5, 5.41) is 15.4. The van der Waals surface area contributed by atoms with Gasteiger partial charge in [-0.3, -0.25) is 4.68 Å². The molecule has 188 valence electrons. The molecule has 3 heterocycles. The van der Waals surface area contributed by atoms with Crippen LogP contribution in [0.15, 0.2) is 84.0 Å². The highest BCUT2D eigenvalue weighted by Crippen LogP contribution is 2.35. The Balaban J connectivity index is 1.41. The smallest absolute Gasteiger partial charge is 0.407 e. The number of rotatable bonds is 4. The molecule has 1 amide bonds. The summed E-state index contributed by atoms with van der Waals surface area (Å²) < 4.78 is 44.1. The number of piperidine rings is 1. The molecule has 0 atom stereocenters. The fourth-order valence-electron chi connectivity index (χ4n) is 5.03. The summed E-state index contributed by atoms with van der Waals surface area (Å²) in [6, 6.07) is 18.0. The van der Waals surface area contributed by atoms with Crippen LogP contribution >= 0.6 is 0 Å². The molecule has 3 aromatic carbocycles. The topological polar surface area (TPSA) is 97.4 Å². The third-order valence-corrected chi connectivity index (χ3v) is 8.66. The van der Waals surface area contributed by atoms with E-state index in [1.54, 1.807) is 30.5 Å². The maximum atomic E-state index is 14.2. The number of hydrogen-bond donors (Lipinski definition) is 1. The Kier molecular flexibility index (Phi) is 5.49. The lowest BCUT2D eigenvalue weighted by atomic mass is 10.0. The highest BCUT2D eigenvalue weighted by atomic mass is 32.2. The molecular weight excluding hydrogens is 495 g/mol. The van der Waals surface area contributed by atoms with Crippen molar-refractivity contribution >= 4 is 37.9 Å². The number of aromatic nitrogens is 3. The number of carbonyl (C=O) groups is 1. The van der Waals surface area contributed by atoms with Gasteiger partial charge in [0.15, 0.2) is 0 Å². The monoisotopic (exact) mass is 518 g/mol. The first-order chi connectivity index (χ1) is 17.8. The average molecular weight is 519 g/mol. The van der Waals surface area contributed by atoms with E-state index in [4.69, 9.17) is 5.10 Å². The van der Waals surface area contributed by atoms with Crippen molar-refractivity contribution in [2.24, 2.45) is 0 Å². The van der Waals surface area contributed by atoms with Crippen molar-refractivity contribution in [3.05, 3.63) is 84.9 Å². The summed E-state index contributed by atoms with van der Waals surface area (Å²) in [7, 11) is -3.95. The fourth-order valence-corrected chi connectivity index (χ4v) is 6.41. The molecule has 0 aliphatic carbocycles. The predicted molar refractivity (Wildman–Crippen MR) is 138 cm³/mol. The zero-order valence-corrected chi connectivity index (χ0v) is 20.5. The van der Waals surface area contributed by atoms with Gasteiger partial charge in [-0.05, 0) is 60.9 Å². The highest BCUT2D eigenvalue weighted by Gasteiger charge is 2.25. The van der Waals surface area contributed by atoms with Crippen molar-refractivity contribution in [1.29, 1.82) is 0 Å². The number of carboxylic acid groups (broad SMARTS) is 1. The lowest BCUT2D eigenvalue weighted by molar-refractivity contribution is 0.124. The summed E-state index contributed by atoms with van der Waals surface area (Å²) in [4.78, 5) is 12.7. The third kappa shape index (κ3) is 4.03. The average Bonchev–Trinajstić information content (AvgIpc) is 3.50. The molecule has 1 N–H and O–H groups in total. The molecular formula is C27H23FN4O4S. The summed E-state index contributed by atoms with van der Waals surface area (Å²) in [6.45, 7) is 0.931. The van der Waals surface area contributed by atoms with Crippen LogP contribution in [0.4, 0.5) is 9.18 Å². The van der Waals surface area contributed by atoms with E-state index in [9.17, 15) is 22.7 Å². The second-order valence-electron chi connectivity index (χ2n) is 9.20. The molecule has 0 bridgehead atoms. The second kappa shape index (κ2) is 8.74. The molecule has 6 rings (SSSR count). The van der Waals surface area contributed by atoms with Crippen LogP contribution < -0.4 is 0 Å². The van der Waals surface area contributed by atoms with Gasteiger partial charge in [-0.2, -0.15) is 5.10 Å². The van der Waals surface area contributed by atoms with Gasteiger partial charge >= 0.3 is 6.09 Å². The molecule has 1 saturated heterocycles. The maximum absolute atomic E-state index is 14.2. The molecule has 0 radical (unpaired) electrons. The Labute approximate surface area is 212 Å². The van der Waals surface area contributed by atoms with Gasteiger partial charge in [0.2, 0.25) is 0 Å². The van der Waals surface area contributed by atoms with Gasteiger partial charge in [-0.1, -0.05) is 24.3 Å². The van der Waals surface area contributed by atoms with Crippen LogP contribution in [-0.2, 0) is 10.0 Å². The number of nitrogens with zero attached hydrogens (tertiary/aromatic N) is 4. The van der Waals surface area contributed by atoms with Gasteiger partial charge in [0.05, 0.1) is 22.0 Å². The van der Waals surface area contributed by atoms with Crippen molar-refractivity contribution in [2.75, 3.05) is 13.1 Å². The largest absolute Gasteiger partial charge is 0.465 e. The van der Waals surface area contributed by atoms with E-state index in [0.29, 0.717) is 36.9 Å². The van der Waals surface area contributed by atoms with Crippen LogP contribution in [0.3, 0.4) is 0 Å². The van der Waals surface area contributed by atoms with E-state index in [-0.39, 0.29) is 16.5 Å². The van der Waals surface area contributed by atoms with Gasteiger partial charge in [0.1, 0.15) is 5.82 Å². The van der Waals surface area contributed by atoms with Crippen LogP contribution in [0.2, 0.25) is 0 Å². The van der Waals surface area contributed by atoms with E-state index in [0.717, 1.165) is 20.4 Å². The van der Waals surface area contributed by atoms with Crippen LogP contribution in [0.25, 0.3) is 32.9 Å². The van der Waals surface area contributed by atoms with Gasteiger partial charge in [0.25, 0.3) is 10.0 Å². The highest BCUT2D eigenvalue weighted by molar-refractivity contribution is 7.90. The third-order valence-electron chi connectivity index (χ3n) is 6.98. The molecule has 0 unspecified atom stereocenters. The Hall–Kier alpha value is -4.18. The van der Waals surface area contributed by atoms with Crippen LogP contribution in [-0.4, -0.2) is 51.4 Å². The number of hydrogen-bond acceptors (Lipinski definition) is 4. The first-order valence-corrected chi connectivity index (χ1v) is 13.3. The minimum atomic E-state index is -3.95. The standard InChI is InChI=1S/C27H23FN4O4S/c28-20-7-8-23-24(17-32(26(23)15-20)37(35,36)22-4-2-1-3-5-22)18-6-9-25-19(14-18)16-31(29-25)21-10-12-30(13-11-21)27(33)34/h1-9,14-17,21H,10-13H2,(H,33,34). The molecule has 5 aromatic rings. The number of fused-ring (bicyclic) bond motifs is 2. The van der Waals surface area contributed by atoms with Crippen LogP contribution in [0, 0.1) is 5.82 Å². The predicted octanol–water partition coefficient (Wildman–Crippen LogP) is 5.35. The zero-order chi connectivity index (χ0) is 25.7. The summed E-state index contributed by atoms with van der Waals surface area (Å²) in [6.07, 6.45) is 3.95. The molecule has 0 spiro atoms. The molecule has 2 aromatic heterocycles. The number of likely N-dealkylation sites (tertiary alicyclic amines) is 1. The zero-order valence-electron chi connectivity index (χ0n) is 19.7. The van der Waals surface area contributed by atoms with E-state index in [1.807, 2.05) is 29.1 Å². The Morgan fingerprint density at radius 3 is 2.46 bits per heavy atom. The van der Waals surface area contributed by atoms with Gasteiger partial charge in [0, 0.05) is 41.8 Å². The molecule has 10 heteroatoms. The SMILES string of the molecule is O=C(O)N1CCC(n2cc3cc(-c4cn(S(=O)(=O)c5ccccc5)c5cc(F)ccc45)ccc3n2)CC1. The molecule has 1 aliphatic rings. The lowest BCUT2D eigenvalue weighted by Crippen LogP contribution is -2.38. The normalized spacial score (nSPS) is 15.0. The molecule has 1 aliphatic heterocycles. The van der Waals surface area contributed by atoms with Crippen molar-refractivity contribution in [3.63, 3.8) is 0 Å². The van der Waals surface area contributed by atoms with Gasteiger partial charge < -0.3 is 10.0 Å². The molecule has 0 saturated carbocycles. The minimum absolute atomic E-state index is 0.104. The molecule has 37 heavy (non-hydrogen) atoms. The Bertz CT molecular complexity index is 1750. The first kappa shape index (κ1) is 23.2. The summed E-state index contributed by atoms with van der Waals surface area (Å²) in [5.41, 5.74) is 2.50. The van der Waals surface area contributed by atoms with Gasteiger partial charge in [-0.15, -0.1) is 0 Å². The van der Waals surface area contributed by atoms with E-state index in [1.165, 1.54) is 29.2 Å². The Morgan fingerprint density at radius 2 is 1.73 bits per heavy atom. The van der Waals surface area contributed by atoms with E-state index < -0.39 is 21.9 Å². The number of halogens is 1. The van der Waals surface area contributed by atoms with Crippen LogP contribution in [0.1, 0.15) is 18.9 Å². The number of amides is 1. The fraction of sp³-hybridized carbons (Fsp3) is 0.185. The number of benzene rings is 3. The van der Waals surface area contributed by atoms with Crippen molar-refractivity contribution in [2.45, 2.75) is 23.8 Å². The molecule has 8 nitrogen and oxygen atoms in total. The summed E-state index contributed by atoms with van der Waals surface area (Å²) >= 11 is 0. The van der Waals surface area contributed by atoms with Crippen LogP contribution in [0.5, 0.6) is 0 Å². The Morgan fingerprint density at radius 1 is 0.973 bits per heavy atom. The van der Waals surface area contributed by atoms with E-state index in [2.05, 4.69) is 0 Å². The second-order valence-corrected chi connectivity index (χ2v) is 11.0. The van der Waals surface area contributed by atoms with Crippen molar-refractivity contribution in [1.82, 2.24) is 18.7 Å². The lowest BCUT2D eigenvalue weighted by Gasteiger charge is -2.29. The van der Waals surface area contributed by atoms with Crippen molar-refractivity contribution < 1.29 is 22.7 Å². The quantitative estimate of drug-likeness (QED) is 0.346.